The Morgan fingerprint density at radius 2 is 2.09 bits per heavy atom. The summed E-state index contributed by atoms with van der Waals surface area (Å²) in [5, 5.41) is 2.65. The lowest BCUT2D eigenvalue weighted by atomic mass is 9.81. The second kappa shape index (κ2) is 4.00. The summed E-state index contributed by atoms with van der Waals surface area (Å²) in [4.78, 5) is 0. The minimum absolute atomic E-state index is 0.557. The van der Waals surface area contributed by atoms with Gasteiger partial charge in [0.15, 0.2) is 0 Å². The van der Waals surface area contributed by atoms with Gasteiger partial charge in [0.1, 0.15) is 0 Å². The van der Waals surface area contributed by atoms with Gasteiger partial charge in [-0.25, -0.2) is 8.78 Å². The molecule has 0 saturated heterocycles. The van der Waals surface area contributed by atoms with Crippen LogP contribution in [0.2, 0.25) is 0 Å². The molecule has 0 spiro atoms. The third-order valence-electron chi connectivity index (χ3n) is 2.49. The number of nitrogens with one attached hydrogen (secondary N) is 1. The summed E-state index contributed by atoms with van der Waals surface area (Å²) >= 11 is 0. The van der Waals surface area contributed by atoms with Crippen molar-refractivity contribution in [2.45, 2.75) is 38.2 Å². The molecular weight excluding hydrogens is 148 g/mol. The molecule has 0 aromatic heterocycles. The van der Waals surface area contributed by atoms with E-state index < -0.39 is 12.5 Å². The van der Waals surface area contributed by atoms with E-state index in [0.717, 1.165) is 12.8 Å². The SMILES string of the molecule is CNC(CC1CCC1)C(F)F. The van der Waals surface area contributed by atoms with Gasteiger partial charge in [0.25, 0.3) is 6.43 Å². The lowest BCUT2D eigenvalue weighted by molar-refractivity contribution is 0.0801. The van der Waals surface area contributed by atoms with E-state index >= 15 is 0 Å². The molecule has 1 atom stereocenters. The Bertz CT molecular complexity index is 113. The Labute approximate surface area is 66.2 Å². The Kier molecular flexibility index (Phi) is 3.24. The van der Waals surface area contributed by atoms with Gasteiger partial charge < -0.3 is 5.32 Å². The van der Waals surface area contributed by atoms with Crippen LogP contribution >= 0.6 is 0 Å². The molecule has 0 aliphatic heterocycles. The number of alkyl halides is 2. The van der Waals surface area contributed by atoms with E-state index in [-0.39, 0.29) is 0 Å². The molecule has 0 bridgehead atoms. The van der Waals surface area contributed by atoms with Gasteiger partial charge in [0, 0.05) is 0 Å². The minimum Gasteiger partial charge on any atom is -0.312 e. The summed E-state index contributed by atoms with van der Waals surface area (Å²) in [5.74, 6) is 0.557. The molecule has 1 aliphatic carbocycles. The van der Waals surface area contributed by atoms with Gasteiger partial charge in [-0.05, 0) is 19.4 Å². The highest BCUT2D eigenvalue weighted by atomic mass is 19.3. The molecule has 66 valence electrons. The zero-order chi connectivity index (χ0) is 8.27. The third-order valence-corrected chi connectivity index (χ3v) is 2.49. The van der Waals surface area contributed by atoms with Crippen molar-refractivity contribution >= 4 is 0 Å². The van der Waals surface area contributed by atoms with Crippen LogP contribution in [0.25, 0.3) is 0 Å². The van der Waals surface area contributed by atoms with Crippen molar-refractivity contribution in [1.29, 1.82) is 0 Å². The summed E-state index contributed by atoms with van der Waals surface area (Å²) < 4.78 is 24.3. The van der Waals surface area contributed by atoms with Crippen LogP contribution < -0.4 is 5.32 Å². The average molecular weight is 163 g/mol. The molecule has 1 N–H and O–H groups in total. The van der Waals surface area contributed by atoms with E-state index in [9.17, 15) is 8.78 Å². The lowest BCUT2D eigenvalue weighted by Crippen LogP contribution is -2.35. The van der Waals surface area contributed by atoms with E-state index in [4.69, 9.17) is 0 Å². The van der Waals surface area contributed by atoms with Crippen molar-refractivity contribution in [3.63, 3.8) is 0 Å². The summed E-state index contributed by atoms with van der Waals surface area (Å²) in [6.07, 6.45) is 1.95. The van der Waals surface area contributed by atoms with Crippen LogP contribution in [-0.4, -0.2) is 19.5 Å². The maximum atomic E-state index is 12.2. The van der Waals surface area contributed by atoms with E-state index in [0.29, 0.717) is 12.3 Å². The molecule has 1 saturated carbocycles. The first-order valence-corrected chi connectivity index (χ1v) is 4.19. The monoisotopic (exact) mass is 163 g/mol. The Morgan fingerprint density at radius 1 is 1.45 bits per heavy atom. The van der Waals surface area contributed by atoms with E-state index in [1.54, 1.807) is 7.05 Å². The standard InChI is InChI=1S/C8H15F2N/c1-11-7(8(9)10)5-6-3-2-4-6/h6-8,11H,2-5H2,1H3. The van der Waals surface area contributed by atoms with Crippen molar-refractivity contribution < 1.29 is 8.78 Å². The van der Waals surface area contributed by atoms with E-state index in [1.807, 2.05) is 0 Å². The van der Waals surface area contributed by atoms with Gasteiger partial charge in [0.2, 0.25) is 0 Å². The average Bonchev–Trinajstić information content (AvgIpc) is 1.85. The highest BCUT2D eigenvalue weighted by molar-refractivity contribution is 4.77. The molecule has 11 heavy (non-hydrogen) atoms. The zero-order valence-electron chi connectivity index (χ0n) is 6.82. The highest BCUT2D eigenvalue weighted by Gasteiger charge is 2.26. The second-order valence-corrected chi connectivity index (χ2v) is 3.26. The van der Waals surface area contributed by atoms with Crippen LogP contribution in [-0.2, 0) is 0 Å². The van der Waals surface area contributed by atoms with Crippen LogP contribution in [0.15, 0.2) is 0 Å². The topological polar surface area (TPSA) is 12.0 Å². The normalized spacial score (nSPS) is 21.8. The van der Waals surface area contributed by atoms with Gasteiger partial charge >= 0.3 is 0 Å². The summed E-state index contributed by atoms with van der Waals surface area (Å²) in [6.45, 7) is 0. The highest BCUT2D eigenvalue weighted by Crippen LogP contribution is 2.31. The quantitative estimate of drug-likeness (QED) is 0.668. The van der Waals surface area contributed by atoms with Gasteiger partial charge in [0.05, 0.1) is 6.04 Å². The molecule has 3 heteroatoms. The summed E-state index contributed by atoms with van der Waals surface area (Å²) in [5.41, 5.74) is 0. The Hall–Kier alpha value is -0.180. The Morgan fingerprint density at radius 3 is 2.36 bits per heavy atom. The molecule has 1 unspecified atom stereocenters. The molecule has 1 nitrogen and oxygen atoms in total. The minimum atomic E-state index is -2.21. The fourth-order valence-electron chi connectivity index (χ4n) is 1.43. The molecule has 0 aromatic carbocycles. The maximum absolute atomic E-state index is 12.2. The molecule has 0 heterocycles. The van der Waals surface area contributed by atoms with Crippen LogP contribution in [0.1, 0.15) is 25.7 Å². The smallest absolute Gasteiger partial charge is 0.253 e. The van der Waals surface area contributed by atoms with E-state index in [1.165, 1.54) is 6.42 Å². The fourth-order valence-corrected chi connectivity index (χ4v) is 1.43. The number of hydrogen-bond donors (Lipinski definition) is 1. The van der Waals surface area contributed by atoms with Crippen LogP contribution in [0, 0.1) is 5.92 Å². The van der Waals surface area contributed by atoms with E-state index in [2.05, 4.69) is 5.32 Å². The number of halogens is 2. The van der Waals surface area contributed by atoms with Crippen molar-refractivity contribution in [3.8, 4) is 0 Å². The summed E-state index contributed by atoms with van der Waals surface area (Å²) in [6, 6.07) is -0.583. The van der Waals surface area contributed by atoms with Crippen molar-refractivity contribution in [3.05, 3.63) is 0 Å². The van der Waals surface area contributed by atoms with Crippen LogP contribution in [0.3, 0.4) is 0 Å². The van der Waals surface area contributed by atoms with Crippen molar-refractivity contribution in [2.24, 2.45) is 5.92 Å². The molecule has 1 aliphatic rings. The van der Waals surface area contributed by atoms with Crippen molar-refractivity contribution in [1.82, 2.24) is 5.32 Å². The maximum Gasteiger partial charge on any atom is 0.253 e. The molecule has 1 fully saturated rings. The summed E-state index contributed by atoms with van der Waals surface area (Å²) in [7, 11) is 1.61. The molecule has 1 rings (SSSR count). The fraction of sp³-hybridized carbons (Fsp3) is 1.00. The number of rotatable bonds is 4. The van der Waals surface area contributed by atoms with Gasteiger partial charge in [-0.1, -0.05) is 19.3 Å². The predicted molar refractivity (Wildman–Crippen MR) is 40.8 cm³/mol. The largest absolute Gasteiger partial charge is 0.312 e. The van der Waals surface area contributed by atoms with Crippen LogP contribution in [0.4, 0.5) is 8.78 Å². The predicted octanol–water partition coefficient (Wildman–Crippen LogP) is 2.03. The van der Waals surface area contributed by atoms with Gasteiger partial charge in [-0.3, -0.25) is 0 Å². The lowest BCUT2D eigenvalue weighted by Gasteiger charge is -2.29. The number of hydrogen-bond acceptors (Lipinski definition) is 1. The molecule has 0 amide bonds. The molecule has 0 aromatic rings. The second-order valence-electron chi connectivity index (χ2n) is 3.26. The Balaban J connectivity index is 2.19. The molecule has 0 radical (unpaired) electrons. The first-order valence-electron chi connectivity index (χ1n) is 4.19. The van der Waals surface area contributed by atoms with Gasteiger partial charge in [-0.2, -0.15) is 0 Å². The van der Waals surface area contributed by atoms with Gasteiger partial charge in [-0.15, -0.1) is 0 Å². The van der Waals surface area contributed by atoms with Crippen LogP contribution in [0.5, 0.6) is 0 Å². The molecular formula is C8H15F2N. The first kappa shape index (κ1) is 8.91. The third kappa shape index (κ3) is 2.40. The van der Waals surface area contributed by atoms with Crippen molar-refractivity contribution in [2.75, 3.05) is 7.05 Å². The zero-order valence-corrected chi connectivity index (χ0v) is 6.82. The first-order chi connectivity index (χ1) is 5.24.